The average Bonchev–Trinajstić information content (AvgIpc) is 3.95. The Labute approximate surface area is 337 Å². The van der Waals surface area contributed by atoms with Gasteiger partial charge in [0.2, 0.25) is 0 Å². The Kier molecular flexibility index (Phi) is 20.9. The molecule has 9 heteroatoms. The summed E-state index contributed by atoms with van der Waals surface area (Å²) in [6.45, 7) is 0.988. The van der Waals surface area contributed by atoms with Crippen molar-refractivity contribution in [1.82, 2.24) is 20.4 Å². The summed E-state index contributed by atoms with van der Waals surface area (Å²) in [5.74, 6) is 10.7. The van der Waals surface area contributed by atoms with Gasteiger partial charge in [0.1, 0.15) is 31.5 Å². The lowest BCUT2D eigenvalue weighted by Crippen LogP contribution is -2.35. The van der Waals surface area contributed by atoms with Gasteiger partial charge in [-0.25, -0.2) is 17.6 Å². The Hall–Kier alpha value is -5.26. The van der Waals surface area contributed by atoms with Crippen LogP contribution in [0.5, 0.6) is 0 Å². The molecule has 4 aromatic rings. The van der Waals surface area contributed by atoms with Gasteiger partial charge in [-0.05, 0) is 60.5 Å². The van der Waals surface area contributed by atoms with Crippen LogP contribution in [0.3, 0.4) is 0 Å². The highest BCUT2D eigenvalue weighted by molar-refractivity contribution is 5.37. The molecule has 2 aliphatic rings. The van der Waals surface area contributed by atoms with Crippen LogP contribution in [0.15, 0.2) is 102 Å². The minimum atomic E-state index is -0.847. The Balaban J connectivity index is 0.000000204. The molecule has 0 radical (unpaired) electrons. The first kappa shape index (κ1) is 46.1. The first-order valence-corrected chi connectivity index (χ1v) is 18.9. The molecule has 0 aliphatic heterocycles. The standard InChI is InChI=1S/C13H16FN.2C12H12FN.C11H14FNO/c1-3-9-15(2)13(11-14)10-12-7-5-4-6-8-12;2*1-2-7-14-12-10-6-4-3-5-9(10)8-11(12)13;1-3-6-13(2)10(9-12)8-11-5-4-7-14-11/h1,4-8,13H,9-11H2,2H3;2*1,3-6,11-12,14H,7-8H2;1,4-5,7,10H,6,8-9H2,2H3/t13-;11-,12+;11-,12-;10-/m0100/s1/i14-1;2*13-1;12-1. The Morgan fingerprint density at radius 2 is 1.09 bits per heavy atom. The number of fused-ring (bicyclic) bond motifs is 2. The summed E-state index contributed by atoms with van der Waals surface area (Å²) in [4.78, 5) is 3.68. The molecule has 2 N–H and O–H groups in total. The molecular weight excluding hydrogens is 721 g/mol. The van der Waals surface area contributed by atoms with Crippen LogP contribution in [0, 0.1) is 49.4 Å². The van der Waals surface area contributed by atoms with Crippen molar-refractivity contribution in [1.29, 1.82) is 0 Å². The molecule has 5 nitrogen and oxygen atoms in total. The summed E-state index contributed by atoms with van der Waals surface area (Å²) in [6.07, 6.45) is 22.8. The zero-order chi connectivity index (χ0) is 41.4. The van der Waals surface area contributed by atoms with E-state index in [2.05, 4.69) is 34.3 Å². The largest absolute Gasteiger partial charge is 0.469 e. The number of furan rings is 1. The summed E-state index contributed by atoms with van der Waals surface area (Å²) < 4.78 is 57.8. The van der Waals surface area contributed by atoms with Crippen LogP contribution in [0.1, 0.15) is 45.7 Å². The maximum absolute atomic E-state index is 13.6. The molecule has 0 saturated heterocycles. The molecule has 3 aromatic carbocycles. The zero-order valence-electron chi connectivity index (χ0n) is 32.9. The number of rotatable bonds is 14. The maximum atomic E-state index is 13.6. The second-order valence-corrected chi connectivity index (χ2v) is 13.8. The molecule has 300 valence electrons. The van der Waals surface area contributed by atoms with Gasteiger partial charge < -0.3 is 4.42 Å². The predicted octanol–water partition coefficient (Wildman–Crippen LogP) is 7.55. The van der Waals surface area contributed by atoms with Crippen LogP contribution in [0.2, 0.25) is 0 Å². The van der Waals surface area contributed by atoms with Crippen molar-refractivity contribution < 1.29 is 22.0 Å². The van der Waals surface area contributed by atoms with E-state index in [-0.39, 0.29) is 30.8 Å². The molecule has 0 fully saturated rings. The van der Waals surface area contributed by atoms with Crippen LogP contribution >= 0.6 is 0 Å². The molecule has 2 aliphatic carbocycles. The van der Waals surface area contributed by atoms with Crippen molar-refractivity contribution in [3.05, 3.63) is 131 Å². The van der Waals surface area contributed by atoms with E-state index < -0.39 is 19.0 Å². The number of nitrogens with zero attached hydrogens (tertiary/aromatic N) is 2. The fraction of sp³-hybridized carbons (Fsp3) is 0.375. The number of hydrogen-bond donors (Lipinski definition) is 2. The van der Waals surface area contributed by atoms with Gasteiger partial charge in [0.25, 0.3) is 0 Å². The smallest absolute Gasteiger partial charge is 0.124 e. The third-order valence-corrected chi connectivity index (χ3v) is 9.80. The molecule has 0 bridgehead atoms. The van der Waals surface area contributed by atoms with Crippen molar-refractivity contribution in [2.24, 2.45) is 0 Å². The van der Waals surface area contributed by atoms with E-state index >= 15 is 0 Å². The zero-order valence-corrected chi connectivity index (χ0v) is 32.9. The van der Waals surface area contributed by atoms with Crippen LogP contribution in [0.4, 0.5) is 17.6 Å². The SMILES string of the molecule is C#CCN(C)[C@H](C[18F])Cc1ccccc1.C#CCN(C)[C@H](C[18F])Cc1ccco1.C#CCN[C@H]1c2ccccc2C[C@@H]1[18F].C#CCN[C@H]1c2ccccc2C[C@H]1[18F]. The lowest BCUT2D eigenvalue weighted by molar-refractivity contribution is 0.212. The minimum absolute atomic E-state index is 0.122. The van der Waals surface area contributed by atoms with E-state index in [1.807, 2.05) is 109 Å². The number of hydrogen-bond acceptors (Lipinski definition) is 5. The van der Waals surface area contributed by atoms with Crippen LogP contribution in [0.25, 0.3) is 0 Å². The quantitative estimate of drug-likeness (QED) is 0.102. The van der Waals surface area contributed by atoms with Gasteiger partial charge in [0.15, 0.2) is 0 Å². The molecule has 1 aromatic heterocycles. The van der Waals surface area contributed by atoms with E-state index in [0.29, 0.717) is 51.9 Å². The average molecular weight is 775 g/mol. The molecule has 0 amide bonds. The van der Waals surface area contributed by atoms with Gasteiger partial charge in [-0.1, -0.05) is 103 Å². The molecule has 0 spiro atoms. The van der Waals surface area contributed by atoms with Gasteiger partial charge in [0, 0.05) is 31.3 Å². The number of nitrogens with one attached hydrogen (secondary N) is 2. The number of terminal acetylenes is 4. The van der Waals surface area contributed by atoms with Crippen molar-refractivity contribution in [3.63, 3.8) is 0 Å². The first-order valence-electron chi connectivity index (χ1n) is 18.9. The summed E-state index contributed by atoms with van der Waals surface area (Å²) in [7, 11) is 3.67. The number of benzene rings is 3. The summed E-state index contributed by atoms with van der Waals surface area (Å²) in [5.41, 5.74) is 5.43. The van der Waals surface area contributed by atoms with E-state index in [4.69, 9.17) is 30.1 Å². The predicted molar refractivity (Wildman–Crippen MR) is 224 cm³/mol. The second kappa shape index (κ2) is 25.8. The van der Waals surface area contributed by atoms with Crippen LogP contribution in [-0.2, 0) is 25.7 Å². The van der Waals surface area contributed by atoms with Gasteiger partial charge in [-0.3, -0.25) is 20.4 Å². The highest BCUT2D eigenvalue weighted by Gasteiger charge is 2.32. The highest BCUT2D eigenvalue weighted by Crippen LogP contribution is 2.34. The second-order valence-electron chi connectivity index (χ2n) is 13.8. The number of halogens is 4. The van der Waals surface area contributed by atoms with Gasteiger partial charge >= 0.3 is 0 Å². The highest BCUT2D eigenvalue weighted by atomic mass is 18.2. The van der Waals surface area contributed by atoms with Gasteiger partial charge in [-0.2, -0.15) is 0 Å². The Bertz CT molecular complexity index is 1820. The molecule has 0 saturated carbocycles. The van der Waals surface area contributed by atoms with Crippen molar-refractivity contribution in [2.45, 2.75) is 62.2 Å². The van der Waals surface area contributed by atoms with E-state index in [0.717, 1.165) is 33.6 Å². The molecule has 57 heavy (non-hydrogen) atoms. The molecule has 1 heterocycles. The molecule has 0 unspecified atom stereocenters. The minimum Gasteiger partial charge on any atom is -0.469 e. The van der Waals surface area contributed by atoms with Crippen LogP contribution in [-0.4, -0.2) is 87.9 Å². The first-order chi connectivity index (χ1) is 27.7. The maximum Gasteiger partial charge on any atom is 0.124 e. The van der Waals surface area contributed by atoms with Gasteiger partial charge in [0.05, 0.1) is 44.5 Å². The Morgan fingerprint density at radius 3 is 1.51 bits per heavy atom. The number of likely N-dealkylation sites (N-methyl/N-ethyl adjacent to an activating group) is 2. The molecular formula is C48H54F4N4O. The summed E-state index contributed by atoms with van der Waals surface area (Å²) in [5, 5.41) is 6.05. The normalized spacial score (nSPS) is 18.3. The molecule has 6 rings (SSSR count). The van der Waals surface area contributed by atoms with E-state index in [1.54, 1.807) is 12.3 Å². The third-order valence-electron chi connectivity index (χ3n) is 9.80. The monoisotopic (exact) mass is 774 g/mol. The van der Waals surface area contributed by atoms with Crippen LogP contribution < -0.4 is 10.6 Å². The van der Waals surface area contributed by atoms with Crippen molar-refractivity contribution >= 4 is 0 Å². The lowest BCUT2D eigenvalue weighted by atomic mass is 10.1. The number of alkyl halides is 4. The fourth-order valence-corrected chi connectivity index (χ4v) is 6.66. The molecule has 6 atom stereocenters. The third kappa shape index (κ3) is 15.0. The summed E-state index contributed by atoms with van der Waals surface area (Å²) in [6, 6.07) is 28.4. The summed E-state index contributed by atoms with van der Waals surface area (Å²) >= 11 is 0. The van der Waals surface area contributed by atoms with Crippen molar-refractivity contribution in [2.75, 3.05) is 53.6 Å². The van der Waals surface area contributed by atoms with Gasteiger partial charge in [-0.15, -0.1) is 25.7 Å². The topological polar surface area (TPSA) is 43.7 Å². The van der Waals surface area contributed by atoms with Crippen molar-refractivity contribution in [3.8, 4) is 49.4 Å². The fourth-order valence-electron chi connectivity index (χ4n) is 6.66. The van der Waals surface area contributed by atoms with E-state index in [9.17, 15) is 17.6 Å². The Morgan fingerprint density at radius 1 is 0.632 bits per heavy atom. The lowest BCUT2D eigenvalue weighted by Gasteiger charge is -2.23. The van der Waals surface area contributed by atoms with E-state index in [1.165, 1.54) is 0 Å².